The molecule has 0 aliphatic carbocycles. The molecule has 0 saturated heterocycles. The van der Waals surface area contributed by atoms with Crippen LogP contribution in [-0.2, 0) is 9.53 Å². The lowest BCUT2D eigenvalue weighted by molar-refractivity contribution is -0.127. The van der Waals surface area contributed by atoms with E-state index in [0.29, 0.717) is 18.5 Å². The van der Waals surface area contributed by atoms with E-state index in [2.05, 4.69) is 29.5 Å². The van der Waals surface area contributed by atoms with Gasteiger partial charge in [0.25, 0.3) is 0 Å². The lowest BCUT2D eigenvalue weighted by Gasteiger charge is -2.21. The number of nitrogens with zero attached hydrogens (tertiary/aromatic N) is 2. The Morgan fingerprint density at radius 2 is 2.00 bits per heavy atom. The summed E-state index contributed by atoms with van der Waals surface area (Å²) in [6.07, 6.45) is 4.83. The van der Waals surface area contributed by atoms with Crippen LogP contribution in [0.3, 0.4) is 0 Å². The maximum atomic E-state index is 11.7. The van der Waals surface area contributed by atoms with Gasteiger partial charge in [-0.15, -0.1) is 0 Å². The fraction of sp³-hybridized carbons (Fsp3) is 0.882. The minimum atomic E-state index is -0.0106. The molecule has 0 aliphatic heterocycles. The molecule has 0 bridgehead atoms. The van der Waals surface area contributed by atoms with Crippen molar-refractivity contribution in [3.63, 3.8) is 0 Å². The van der Waals surface area contributed by atoms with Gasteiger partial charge in [0.1, 0.15) is 6.54 Å². The number of guanidine groups is 1. The molecule has 0 heterocycles. The molecular weight excluding hydrogens is 292 g/mol. The fourth-order valence-corrected chi connectivity index (χ4v) is 2.15. The Balaban J connectivity index is 4.63. The first-order valence-corrected chi connectivity index (χ1v) is 8.68. The summed E-state index contributed by atoms with van der Waals surface area (Å²) in [5.74, 6) is 1.30. The predicted molar refractivity (Wildman–Crippen MR) is 96.8 cm³/mol. The lowest BCUT2D eigenvalue weighted by Crippen LogP contribution is -2.46. The van der Waals surface area contributed by atoms with E-state index in [1.165, 1.54) is 19.3 Å². The van der Waals surface area contributed by atoms with E-state index in [1.54, 1.807) is 26.1 Å². The molecule has 2 atom stereocenters. The number of amides is 1. The molecule has 0 aromatic carbocycles. The first-order valence-electron chi connectivity index (χ1n) is 8.68. The molecule has 6 heteroatoms. The van der Waals surface area contributed by atoms with Gasteiger partial charge in [0.2, 0.25) is 5.91 Å². The molecule has 23 heavy (non-hydrogen) atoms. The second-order valence-corrected chi connectivity index (χ2v) is 6.25. The second kappa shape index (κ2) is 13.2. The third-order valence-electron chi connectivity index (χ3n) is 3.77. The molecule has 0 aromatic heterocycles. The summed E-state index contributed by atoms with van der Waals surface area (Å²) >= 11 is 0. The van der Waals surface area contributed by atoms with Crippen LogP contribution in [-0.4, -0.2) is 63.7 Å². The molecule has 2 unspecified atom stereocenters. The zero-order valence-corrected chi connectivity index (χ0v) is 15.8. The standard InChI is InChI=1S/C17H36N4O2/c1-7-9-10-15(8-2)11-18-17(20-14(3)13-23-6)19-12-16(22)21(4)5/h14-15H,7-13H2,1-6H3,(H2,18,19,20). The molecule has 0 aromatic rings. The molecule has 0 saturated carbocycles. The Labute approximate surface area is 142 Å². The molecular formula is C17H36N4O2. The molecule has 0 radical (unpaired) electrons. The average molecular weight is 329 g/mol. The van der Waals surface area contributed by atoms with Gasteiger partial charge in [-0.25, -0.2) is 4.99 Å². The molecule has 2 N–H and O–H groups in total. The highest BCUT2D eigenvalue weighted by molar-refractivity contribution is 5.84. The van der Waals surface area contributed by atoms with Gasteiger partial charge >= 0.3 is 0 Å². The van der Waals surface area contributed by atoms with E-state index in [0.717, 1.165) is 13.0 Å². The Morgan fingerprint density at radius 1 is 1.30 bits per heavy atom. The molecule has 6 nitrogen and oxygen atoms in total. The highest BCUT2D eigenvalue weighted by Gasteiger charge is 2.10. The first-order chi connectivity index (χ1) is 10.9. The fourth-order valence-electron chi connectivity index (χ4n) is 2.15. The van der Waals surface area contributed by atoms with Crippen LogP contribution >= 0.6 is 0 Å². The van der Waals surface area contributed by atoms with Crippen LogP contribution in [0.15, 0.2) is 4.99 Å². The van der Waals surface area contributed by atoms with E-state index >= 15 is 0 Å². The van der Waals surface area contributed by atoms with Crippen LogP contribution in [0.25, 0.3) is 0 Å². The Kier molecular flexibility index (Phi) is 12.4. The highest BCUT2D eigenvalue weighted by Crippen LogP contribution is 2.11. The molecule has 0 fully saturated rings. The van der Waals surface area contributed by atoms with E-state index in [9.17, 15) is 4.79 Å². The van der Waals surface area contributed by atoms with Crippen LogP contribution in [0.5, 0.6) is 0 Å². The van der Waals surface area contributed by atoms with Crippen molar-refractivity contribution in [2.75, 3.05) is 40.9 Å². The van der Waals surface area contributed by atoms with Crippen molar-refractivity contribution in [3.05, 3.63) is 0 Å². The van der Waals surface area contributed by atoms with E-state index in [1.807, 2.05) is 6.92 Å². The third-order valence-corrected chi connectivity index (χ3v) is 3.77. The molecule has 0 aliphatic rings. The predicted octanol–water partition coefficient (Wildman–Crippen LogP) is 1.86. The van der Waals surface area contributed by atoms with Gasteiger partial charge in [-0.1, -0.05) is 33.1 Å². The molecule has 136 valence electrons. The number of unbranched alkanes of at least 4 members (excludes halogenated alkanes) is 1. The number of nitrogens with one attached hydrogen (secondary N) is 2. The van der Waals surface area contributed by atoms with Gasteiger partial charge in [-0.2, -0.15) is 0 Å². The van der Waals surface area contributed by atoms with Gasteiger partial charge in [0.05, 0.1) is 6.61 Å². The normalized spacial score (nSPS) is 14.3. The number of rotatable bonds is 11. The third kappa shape index (κ3) is 11.0. The van der Waals surface area contributed by atoms with Crippen LogP contribution in [0.4, 0.5) is 0 Å². The van der Waals surface area contributed by atoms with Gasteiger partial charge in [-0.05, 0) is 19.3 Å². The van der Waals surface area contributed by atoms with Crippen molar-refractivity contribution in [2.45, 2.75) is 52.5 Å². The summed E-state index contributed by atoms with van der Waals surface area (Å²) in [4.78, 5) is 17.7. The summed E-state index contributed by atoms with van der Waals surface area (Å²) in [6.45, 7) is 8.08. The van der Waals surface area contributed by atoms with Crippen LogP contribution in [0.2, 0.25) is 0 Å². The number of methoxy groups -OCH3 is 1. The van der Waals surface area contributed by atoms with Crippen molar-refractivity contribution < 1.29 is 9.53 Å². The SMILES string of the molecule is CCCCC(CC)CNC(=NCC(=O)N(C)C)NC(C)COC. The van der Waals surface area contributed by atoms with Gasteiger partial charge < -0.3 is 20.3 Å². The lowest BCUT2D eigenvalue weighted by atomic mass is 9.99. The minimum Gasteiger partial charge on any atom is -0.383 e. The van der Waals surface area contributed by atoms with Gasteiger partial charge in [-0.3, -0.25) is 4.79 Å². The number of carbonyl (C=O) groups excluding carboxylic acids is 1. The number of ether oxygens (including phenoxy) is 1. The van der Waals surface area contributed by atoms with E-state index < -0.39 is 0 Å². The van der Waals surface area contributed by atoms with Crippen molar-refractivity contribution in [3.8, 4) is 0 Å². The first kappa shape index (κ1) is 21.7. The molecule has 1 amide bonds. The topological polar surface area (TPSA) is 66.0 Å². The Hall–Kier alpha value is -1.30. The highest BCUT2D eigenvalue weighted by atomic mass is 16.5. The van der Waals surface area contributed by atoms with Crippen molar-refractivity contribution in [1.82, 2.24) is 15.5 Å². The molecule has 0 rings (SSSR count). The van der Waals surface area contributed by atoms with Crippen LogP contribution in [0.1, 0.15) is 46.5 Å². The molecule has 0 spiro atoms. The Morgan fingerprint density at radius 3 is 2.52 bits per heavy atom. The van der Waals surface area contributed by atoms with Crippen LogP contribution < -0.4 is 10.6 Å². The zero-order valence-electron chi connectivity index (χ0n) is 15.8. The number of carbonyl (C=O) groups is 1. The quantitative estimate of drug-likeness (QED) is 0.449. The monoisotopic (exact) mass is 328 g/mol. The summed E-state index contributed by atoms with van der Waals surface area (Å²) in [7, 11) is 5.16. The van der Waals surface area contributed by atoms with Crippen molar-refractivity contribution in [2.24, 2.45) is 10.9 Å². The Bertz CT molecular complexity index is 345. The number of hydrogen-bond acceptors (Lipinski definition) is 3. The maximum Gasteiger partial charge on any atom is 0.243 e. The summed E-state index contributed by atoms with van der Waals surface area (Å²) in [6, 6.07) is 0.136. The van der Waals surface area contributed by atoms with Crippen molar-refractivity contribution >= 4 is 11.9 Å². The zero-order chi connectivity index (χ0) is 17.7. The maximum absolute atomic E-state index is 11.7. The number of aliphatic imine (C=N–C) groups is 1. The second-order valence-electron chi connectivity index (χ2n) is 6.25. The summed E-state index contributed by atoms with van der Waals surface area (Å²) < 4.78 is 5.15. The largest absolute Gasteiger partial charge is 0.383 e. The van der Waals surface area contributed by atoms with Gasteiger partial charge in [0.15, 0.2) is 5.96 Å². The van der Waals surface area contributed by atoms with Crippen LogP contribution in [0, 0.1) is 5.92 Å². The summed E-state index contributed by atoms with van der Waals surface area (Å²) in [5.41, 5.74) is 0. The smallest absolute Gasteiger partial charge is 0.243 e. The average Bonchev–Trinajstić information content (AvgIpc) is 2.52. The van der Waals surface area contributed by atoms with E-state index in [-0.39, 0.29) is 18.5 Å². The number of likely N-dealkylation sites (N-methyl/N-ethyl adjacent to an activating group) is 1. The minimum absolute atomic E-state index is 0.0106. The number of hydrogen-bond donors (Lipinski definition) is 2. The summed E-state index contributed by atoms with van der Waals surface area (Å²) in [5, 5.41) is 6.67. The van der Waals surface area contributed by atoms with Crippen molar-refractivity contribution in [1.29, 1.82) is 0 Å². The van der Waals surface area contributed by atoms with Gasteiger partial charge in [0, 0.05) is 33.8 Å². The van der Waals surface area contributed by atoms with E-state index in [4.69, 9.17) is 4.74 Å².